The van der Waals surface area contributed by atoms with Crippen molar-refractivity contribution < 1.29 is 14.3 Å². The van der Waals surface area contributed by atoms with Gasteiger partial charge in [0.25, 0.3) is 0 Å². The molecule has 0 aromatic rings. The van der Waals surface area contributed by atoms with E-state index >= 15 is 0 Å². The highest BCUT2D eigenvalue weighted by molar-refractivity contribution is 5.89. The molecule has 120 valence electrons. The Kier molecular flexibility index (Phi) is 5.62. The third-order valence-electron chi connectivity index (χ3n) is 4.99. The summed E-state index contributed by atoms with van der Waals surface area (Å²) in [7, 11) is 1.76. The van der Waals surface area contributed by atoms with Crippen LogP contribution in [0.15, 0.2) is 0 Å². The van der Waals surface area contributed by atoms with Crippen LogP contribution in [0.25, 0.3) is 0 Å². The molecule has 1 saturated heterocycles. The Morgan fingerprint density at radius 3 is 2.71 bits per heavy atom. The van der Waals surface area contributed by atoms with Crippen LogP contribution < -0.4 is 5.32 Å². The lowest BCUT2D eigenvalue weighted by atomic mass is 9.82. The zero-order chi connectivity index (χ0) is 15.3. The van der Waals surface area contributed by atoms with Crippen LogP contribution in [0, 0.1) is 11.3 Å². The number of nitrogens with one attached hydrogen (secondary N) is 1. The number of nitrogens with zero attached hydrogens (tertiary/aromatic N) is 1. The van der Waals surface area contributed by atoms with Crippen LogP contribution in [0.1, 0.15) is 45.4 Å². The summed E-state index contributed by atoms with van der Waals surface area (Å²) in [6.45, 7) is 4.82. The first-order valence-electron chi connectivity index (χ1n) is 8.16. The molecule has 1 aliphatic carbocycles. The predicted molar refractivity (Wildman–Crippen MR) is 80.8 cm³/mol. The molecule has 1 heterocycles. The third-order valence-corrected chi connectivity index (χ3v) is 4.99. The Hall–Kier alpha value is -1.10. The summed E-state index contributed by atoms with van der Waals surface area (Å²) in [6, 6.07) is 0. The van der Waals surface area contributed by atoms with Gasteiger partial charge in [0.15, 0.2) is 0 Å². The number of rotatable bonds is 7. The lowest BCUT2D eigenvalue weighted by molar-refractivity contribution is -0.128. The summed E-state index contributed by atoms with van der Waals surface area (Å²) in [4.78, 5) is 25.4. The molecule has 0 radical (unpaired) electrons. The first-order valence-corrected chi connectivity index (χ1v) is 8.16. The average Bonchev–Trinajstić information content (AvgIpc) is 3.05. The monoisotopic (exact) mass is 296 g/mol. The molecule has 2 amide bonds. The largest absolute Gasteiger partial charge is 0.382 e. The maximum atomic E-state index is 12.2. The van der Waals surface area contributed by atoms with E-state index in [0.717, 1.165) is 26.2 Å². The minimum atomic E-state index is -0.173. The fourth-order valence-corrected chi connectivity index (χ4v) is 3.53. The molecule has 5 heteroatoms. The van der Waals surface area contributed by atoms with Crippen molar-refractivity contribution in [3.05, 3.63) is 0 Å². The second-order valence-corrected chi connectivity index (χ2v) is 6.55. The van der Waals surface area contributed by atoms with Gasteiger partial charge in [-0.3, -0.25) is 9.59 Å². The number of hydrogen-bond acceptors (Lipinski definition) is 3. The minimum absolute atomic E-state index is 0.0374. The minimum Gasteiger partial charge on any atom is -0.382 e. The Morgan fingerprint density at radius 1 is 1.43 bits per heavy atom. The molecular weight excluding hydrogens is 268 g/mol. The van der Waals surface area contributed by atoms with E-state index in [1.54, 1.807) is 11.9 Å². The van der Waals surface area contributed by atoms with Crippen molar-refractivity contribution in [2.75, 3.05) is 33.4 Å². The summed E-state index contributed by atoms with van der Waals surface area (Å²) < 4.78 is 5.49. The number of ether oxygens (including phenoxy) is 1. The maximum absolute atomic E-state index is 12.2. The van der Waals surface area contributed by atoms with Gasteiger partial charge < -0.3 is 15.0 Å². The molecule has 2 fully saturated rings. The Bertz CT molecular complexity index is 378. The van der Waals surface area contributed by atoms with Crippen molar-refractivity contribution in [3.8, 4) is 0 Å². The molecule has 0 bridgehead atoms. The van der Waals surface area contributed by atoms with E-state index in [-0.39, 0.29) is 23.1 Å². The van der Waals surface area contributed by atoms with Gasteiger partial charge in [0.05, 0.1) is 5.92 Å². The van der Waals surface area contributed by atoms with Crippen molar-refractivity contribution in [1.29, 1.82) is 0 Å². The topological polar surface area (TPSA) is 58.6 Å². The van der Waals surface area contributed by atoms with Crippen molar-refractivity contribution in [2.45, 2.75) is 45.4 Å². The molecule has 5 nitrogen and oxygen atoms in total. The molecule has 21 heavy (non-hydrogen) atoms. The van der Waals surface area contributed by atoms with E-state index in [1.807, 2.05) is 6.92 Å². The molecule has 1 unspecified atom stereocenters. The quantitative estimate of drug-likeness (QED) is 0.726. The average molecular weight is 296 g/mol. The molecule has 1 N–H and O–H groups in total. The number of carbonyl (C=O) groups excluding carboxylic acids is 2. The van der Waals surface area contributed by atoms with E-state index in [2.05, 4.69) is 5.32 Å². The SMILES string of the molecule is CCOCCC1(CNC(=O)C2CC(=O)N(C)C2)CCCC1. The van der Waals surface area contributed by atoms with Gasteiger partial charge in [-0.25, -0.2) is 0 Å². The number of hydrogen-bond donors (Lipinski definition) is 1. The van der Waals surface area contributed by atoms with E-state index in [1.165, 1.54) is 25.7 Å². The van der Waals surface area contributed by atoms with E-state index < -0.39 is 0 Å². The summed E-state index contributed by atoms with van der Waals surface area (Å²) in [5.74, 6) is -0.0645. The van der Waals surface area contributed by atoms with Crippen molar-refractivity contribution in [2.24, 2.45) is 11.3 Å². The lowest BCUT2D eigenvalue weighted by Crippen LogP contribution is -2.40. The van der Waals surface area contributed by atoms with E-state index in [9.17, 15) is 9.59 Å². The van der Waals surface area contributed by atoms with Crippen molar-refractivity contribution in [3.63, 3.8) is 0 Å². The fraction of sp³-hybridized carbons (Fsp3) is 0.875. The summed E-state index contributed by atoms with van der Waals surface area (Å²) in [6.07, 6.45) is 6.20. The van der Waals surface area contributed by atoms with Crippen LogP contribution in [0.2, 0.25) is 0 Å². The molecule has 0 aromatic carbocycles. The maximum Gasteiger partial charge on any atom is 0.225 e. The van der Waals surface area contributed by atoms with Crippen LogP contribution >= 0.6 is 0 Å². The predicted octanol–water partition coefficient (Wildman–Crippen LogP) is 1.57. The molecule has 2 aliphatic rings. The van der Waals surface area contributed by atoms with E-state index in [0.29, 0.717) is 13.0 Å². The zero-order valence-electron chi connectivity index (χ0n) is 13.3. The highest BCUT2D eigenvalue weighted by Gasteiger charge is 2.36. The van der Waals surface area contributed by atoms with E-state index in [4.69, 9.17) is 4.74 Å². The van der Waals surface area contributed by atoms with Crippen molar-refractivity contribution >= 4 is 11.8 Å². The van der Waals surface area contributed by atoms with Gasteiger partial charge in [0.2, 0.25) is 11.8 Å². The van der Waals surface area contributed by atoms with Crippen LogP contribution in [0.4, 0.5) is 0 Å². The molecule has 0 aromatic heterocycles. The first kappa shape index (κ1) is 16.3. The molecule has 0 spiro atoms. The molecule has 2 rings (SSSR count). The summed E-state index contributed by atoms with van der Waals surface area (Å²) in [5.41, 5.74) is 0.208. The summed E-state index contributed by atoms with van der Waals surface area (Å²) >= 11 is 0. The second-order valence-electron chi connectivity index (χ2n) is 6.55. The molecule has 1 aliphatic heterocycles. The first-order chi connectivity index (χ1) is 10.1. The van der Waals surface area contributed by atoms with Crippen LogP contribution in [-0.4, -0.2) is 50.1 Å². The van der Waals surface area contributed by atoms with Gasteiger partial charge in [-0.15, -0.1) is 0 Å². The Morgan fingerprint density at radius 2 is 2.14 bits per heavy atom. The van der Waals surface area contributed by atoms with Gasteiger partial charge in [0.1, 0.15) is 0 Å². The highest BCUT2D eigenvalue weighted by Crippen LogP contribution is 2.40. The smallest absolute Gasteiger partial charge is 0.225 e. The van der Waals surface area contributed by atoms with Crippen LogP contribution in [0.3, 0.4) is 0 Å². The van der Waals surface area contributed by atoms with Gasteiger partial charge >= 0.3 is 0 Å². The molecule has 1 saturated carbocycles. The van der Waals surface area contributed by atoms with Gasteiger partial charge in [-0.05, 0) is 31.6 Å². The number of likely N-dealkylation sites (tertiary alicyclic amines) is 1. The Labute approximate surface area is 127 Å². The third kappa shape index (κ3) is 4.19. The van der Waals surface area contributed by atoms with Crippen molar-refractivity contribution in [1.82, 2.24) is 10.2 Å². The van der Waals surface area contributed by atoms with Gasteiger partial charge in [-0.1, -0.05) is 12.8 Å². The molecular formula is C16H28N2O3. The number of amides is 2. The van der Waals surface area contributed by atoms with Crippen LogP contribution in [-0.2, 0) is 14.3 Å². The normalized spacial score (nSPS) is 24.6. The highest BCUT2D eigenvalue weighted by atomic mass is 16.5. The second kappa shape index (κ2) is 7.25. The van der Waals surface area contributed by atoms with Crippen LogP contribution in [0.5, 0.6) is 0 Å². The number of carbonyl (C=O) groups is 2. The zero-order valence-corrected chi connectivity index (χ0v) is 13.3. The van der Waals surface area contributed by atoms with Gasteiger partial charge in [0, 0.05) is 39.8 Å². The molecule has 1 atom stereocenters. The fourth-order valence-electron chi connectivity index (χ4n) is 3.53. The van der Waals surface area contributed by atoms with Gasteiger partial charge in [-0.2, -0.15) is 0 Å². The lowest BCUT2D eigenvalue weighted by Gasteiger charge is -2.29. The summed E-state index contributed by atoms with van der Waals surface area (Å²) in [5, 5.41) is 3.10. The standard InChI is InChI=1S/C16H28N2O3/c1-3-21-9-8-16(6-4-5-7-16)12-17-15(20)13-10-14(19)18(2)11-13/h13H,3-12H2,1-2H3,(H,17,20). The Balaban J connectivity index is 1.81.